The molecule has 2 aromatic rings. The molecule has 20 heavy (non-hydrogen) atoms. The molecule has 1 N–H and O–H groups in total. The van der Waals surface area contributed by atoms with Gasteiger partial charge >= 0.3 is 5.97 Å². The summed E-state index contributed by atoms with van der Waals surface area (Å²) in [6.07, 6.45) is 1.74. The SMILES string of the molecule is CSc1cccc(Oc2ccc(F)c(F)c2)c1C(=O)O. The van der Waals surface area contributed by atoms with E-state index in [9.17, 15) is 18.7 Å². The third-order valence-corrected chi connectivity index (χ3v) is 3.32. The second kappa shape index (κ2) is 5.92. The molecule has 0 aliphatic carbocycles. The summed E-state index contributed by atoms with van der Waals surface area (Å²) < 4.78 is 31.3. The van der Waals surface area contributed by atoms with Crippen LogP contribution in [0.25, 0.3) is 0 Å². The smallest absolute Gasteiger partial charge is 0.340 e. The summed E-state index contributed by atoms with van der Waals surface area (Å²) in [4.78, 5) is 11.8. The maximum Gasteiger partial charge on any atom is 0.340 e. The van der Waals surface area contributed by atoms with Crippen molar-refractivity contribution in [1.82, 2.24) is 0 Å². The Bertz CT molecular complexity index is 659. The molecule has 0 aliphatic rings. The van der Waals surface area contributed by atoms with E-state index < -0.39 is 17.6 Å². The first kappa shape index (κ1) is 14.3. The molecular formula is C14H10F2O3S. The number of thioether (sulfide) groups is 1. The summed E-state index contributed by atoms with van der Waals surface area (Å²) in [5.41, 5.74) is -0.00951. The van der Waals surface area contributed by atoms with Crippen LogP contribution in [0.5, 0.6) is 11.5 Å². The minimum Gasteiger partial charge on any atom is -0.478 e. The summed E-state index contributed by atoms with van der Waals surface area (Å²) in [6.45, 7) is 0. The van der Waals surface area contributed by atoms with Crippen LogP contribution < -0.4 is 4.74 Å². The number of carboxylic acids is 1. The van der Waals surface area contributed by atoms with Crippen LogP contribution in [0.1, 0.15) is 10.4 Å². The third kappa shape index (κ3) is 2.91. The number of rotatable bonds is 4. The number of carboxylic acid groups (broad SMARTS) is 1. The molecule has 0 unspecified atom stereocenters. The molecular weight excluding hydrogens is 286 g/mol. The van der Waals surface area contributed by atoms with Crippen molar-refractivity contribution >= 4 is 17.7 Å². The highest BCUT2D eigenvalue weighted by atomic mass is 32.2. The molecule has 0 saturated heterocycles. The van der Waals surface area contributed by atoms with Crippen LogP contribution in [0.4, 0.5) is 8.78 Å². The number of hydrogen-bond donors (Lipinski definition) is 1. The Morgan fingerprint density at radius 2 is 1.95 bits per heavy atom. The Kier molecular flexibility index (Phi) is 4.24. The zero-order chi connectivity index (χ0) is 14.7. The number of hydrogen-bond acceptors (Lipinski definition) is 3. The van der Waals surface area contributed by atoms with Crippen molar-refractivity contribution in [1.29, 1.82) is 0 Å². The Hall–Kier alpha value is -2.08. The van der Waals surface area contributed by atoms with Crippen molar-refractivity contribution in [2.24, 2.45) is 0 Å². The van der Waals surface area contributed by atoms with Crippen molar-refractivity contribution < 1.29 is 23.4 Å². The first-order valence-electron chi connectivity index (χ1n) is 5.56. The average Bonchev–Trinajstić information content (AvgIpc) is 2.42. The number of aromatic carboxylic acids is 1. The summed E-state index contributed by atoms with van der Waals surface area (Å²) in [5.74, 6) is -3.08. The fraction of sp³-hybridized carbons (Fsp3) is 0.0714. The van der Waals surface area contributed by atoms with Gasteiger partial charge in [-0.25, -0.2) is 13.6 Å². The summed E-state index contributed by atoms with van der Waals surface area (Å²) in [7, 11) is 0. The van der Waals surface area contributed by atoms with Gasteiger partial charge in [0.05, 0.1) is 0 Å². The second-order valence-corrected chi connectivity index (χ2v) is 4.66. The normalized spacial score (nSPS) is 10.3. The van der Waals surface area contributed by atoms with Crippen molar-refractivity contribution in [2.45, 2.75) is 4.90 Å². The number of ether oxygens (including phenoxy) is 1. The topological polar surface area (TPSA) is 46.5 Å². The minimum absolute atomic E-state index is 0.00951. The molecule has 0 amide bonds. The van der Waals surface area contributed by atoms with E-state index in [1.165, 1.54) is 23.9 Å². The van der Waals surface area contributed by atoms with E-state index in [1.807, 2.05) is 0 Å². The lowest BCUT2D eigenvalue weighted by Crippen LogP contribution is -2.02. The van der Waals surface area contributed by atoms with Gasteiger partial charge in [0.1, 0.15) is 17.1 Å². The van der Waals surface area contributed by atoms with Gasteiger partial charge in [-0.2, -0.15) is 0 Å². The van der Waals surface area contributed by atoms with Gasteiger partial charge in [0.2, 0.25) is 0 Å². The van der Waals surface area contributed by atoms with E-state index in [0.29, 0.717) is 4.90 Å². The van der Waals surface area contributed by atoms with E-state index in [0.717, 1.165) is 12.1 Å². The van der Waals surface area contributed by atoms with Crippen LogP contribution in [0.2, 0.25) is 0 Å². The highest BCUT2D eigenvalue weighted by molar-refractivity contribution is 7.98. The standard InChI is InChI=1S/C14H10F2O3S/c1-20-12-4-2-3-11(13(12)14(17)18)19-8-5-6-9(15)10(16)7-8/h2-7H,1H3,(H,17,18). The highest BCUT2D eigenvalue weighted by Crippen LogP contribution is 2.32. The zero-order valence-corrected chi connectivity index (χ0v) is 11.2. The van der Waals surface area contributed by atoms with Gasteiger partial charge in [-0.1, -0.05) is 6.07 Å². The molecule has 0 aliphatic heterocycles. The Morgan fingerprint density at radius 1 is 1.20 bits per heavy atom. The van der Waals surface area contributed by atoms with Crippen LogP contribution in [-0.2, 0) is 0 Å². The Labute approximate surface area is 118 Å². The lowest BCUT2D eigenvalue weighted by Gasteiger charge is -2.11. The molecule has 0 spiro atoms. The molecule has 0 fully saturated rings. The van der Waals surface area contributed by atoms with Crippen molar-refractivity contribution in [3.8, 4) is 11.5 Å². The van der Waals surface area contributed by atoms with Gasteiger partial charge in [0.15, 0.2) is 11.6 Å². The highest BCUT2D eigenvalue weighted by Gasteiger charge is 2.17. The molecule has 0 bridgehead atoms. The summed E-state index contributed by atoms with van der Waals surface area (Å²) >= 11 is 1.26. The molecule has 0 saturated carbocycles. The number of carbonyl (C=O) groups is 1. The van der Waals surface area contributed by atoms with E-state index in [1.54, 1.807) is 18.4 Å². The molecule has 3 nitrogen and oxygen atoms in total. The van der Waals surface area contributed by atoms with E-state index in [2.05, 4.69) is 0 Å². The minimum atomic E-state index is -1.15. The van der Waals surface area contributed by atoms with Gasteiger partial charge in [-0.3, -0.25) is 0 Å². The van der Waals surface area contributed by atoms with Crippen LogP contribution in [0.3, 0.4) is 0 Å². The molecule has 0 atom stereocenters. The Morgan fingerprint density at radius 3 is 2.55 bits per heavy atom. The lowest BCUT2D eigenvalue weighted by molar-refractivity contribution is 0.0690. The first-order chi connectivity index (χ1) is 9.52. The predicted octanol–water partition coefficient (Wildman–Crippen LogP) is 4.18. The van der Waals surface area contributed by atoms with Crippen molar-refractivity contribution in [2.75, 3.05) is 6.26 Å². The third-order valence-electron chi connectivity index (χ3n) is 2.54. The van der Waals surface area contributed by atoms with Crippen molar-refractivity contribution in [3.63, 3.8) is 0 Å². The van der Waals surface area contributed by atoms with Gasteiger partial charge in [0.25, 0.3) is 0 Å². The van der Waals surface area contributed by atoms with Gasteiger partial charge in [-0.05, 0) is 30.5 Å². The number of benzene rings is 2. The summed E-state index contributed by atoms with van der Waals surface area (Å²) in [6, 6.07) is 7.76. The maximum atomic E-state index is 13.1. The van der Waals surface area contributed by atoms with Crippen LogP contribution in [-0.4, -0.2) is 17.3 Å². The summed E-state index contributed by atoms with van der Waals surface area (Å²) in [5, 5.41) is 9.23. The molecule has 0 radical (unpaired) electrons. The maximum absolute atomic E-state index is 13.1. The number of halogens is 2. The molecule has 0 heterocycles. The zero-order valence-electron chi connectivity index (χ0n) is 10.4. The average molecular weight is 296 g/mol. The predicted molar refractivity (Wildman–Crippen MR) is 71.6 cm³/mol. The van der Waals surface area contributed by atoms with Crippen LogP contribution in [0.15, 0.2) is 41.3 Å². The molecule has 6 heteroatoms. The largest absolute Gasteiger partial charge is 0.478 e. The quantitative estimate of drug-likeness (QED) is 0.860. The van der Waals surface area contributed by atoms with Gasteiger partial charge in [-0.15, -0.1) is 11.8 Å². The van der Waals surface area contributed by atoms with Gasteiger partial charge in [0, 0.05) is 11.0 Å². The fourth-order valence-electron chi connectivity index (χ4n) is 1.64. The molecule has 0 aromatic heterocycles. The monoisotopic (exact) mass is 296 g/mol. The molecule has 2 rings (SSSR count). The van der Waals surface area contributed by atoms with Gasteiger partial charge < -0.3 is 9.84 Å². The first-order valence-corrected chi connectivity index (χ1v) is 6.78. The van der Waals surface area contributed by atoms with Crippen LogP contribution >= 0.6 is 11.8 Å². The van der Waals surface area contributed by atoms with E-state index in [4.69, 9.17) is 4.74 Å². The van der Waals surface area contributed by atoms with E-state index >= 15 is 0 Å². The Balaban J connectivity index is 2.42. The van der Waals surface area contributed by atoms with Crippen molar-refractivity contribution in [3.05, 3.63) is 53.6 Å². The molecule has 2 aromatic carbocycles. The molecule has 104 valence electrons. The fourth-order valence-corrected chi connectivity index (χ4v) is 2.25. The lowest BCUT2D eigenvalue weighted by atomic mass is 10.2. The van der Waals surface area contributed by atoms with Crippen LogP contribution in [0, 0.1) is 11.6 Å². The van der Waals surface area contributed by atoms with E-state index in [-0.39, 0.29) is 17.1 Å². The second-order valence-electron chi connectivity index (χ2n) is 3.82.